The van der Waals surface area contributed by atoms with Crippen molar-refractivity contribution in [3.05, 3.63) is 64.7 Å². The van der Waals surface area contributed by atoms with Crippen LogP contribution in [0.5, 0.6) is 0 Å². The van der Waals surface area contributed by atoms with Crippen molar-refractivity contribution >= 4 is 17.5 Å². The predicted octanol–water partition coefficient (Wildman–Crippen LogP) is 3.42. The van der Waals surface area contributed by atoms with E-state index in [4.69, 9.17) is 4.74 Å². The summed E-state index contributed by atoms with van der Waals surface area (Å²) in [5.74, 6) is -0.165. The molecule has 2 aromatic rings. The monoisotopic (exact) mass is 352 g/mol. The number of carbonyl (C=O) groups is 2. The summed E-state index contributed by atoms with van der Waals surface area (Å²) in [5.41, 5.74) is 4.14. The molecule has 1 N–H and O–H groups in total. The van der Waals surface area contributed by atoms with Gasteiger partial charge in [0.1, 0.15) is 0 Å². The molecule has 26 heavy (non-hydrogen) atoms. The van der Waals surface area contributed by atoms with E-state index in [1.807, 2.05) is 43.9 Å². The molecule has 0 aliphatic carbocycles. The highest BCUT2D eigenvalue weighted by molar-refractivity contribution is 6.04. The Morgan fingerprint density at radius 2 is 1.73 bits per heavy atom. The molecule has 0 saturated carbocycles. The fraction of sp³-hybridized carbons (Fsp3) is 0.333. The Bertz CT molecular complexity index is 815. The summed E-state index contributed by atoms with van der Waals surface area (Å²) < 4.78 is 5.38. The van der Waals surface area contributed by atoms with Gasteiger partial charge < -0.3 is 15.0 Å². The first-order chi connectivity index (χ1) is 12.5. The van der Waals surface area contributed by atoms with Gasteiger partial charge in [0.25, 0.3) is 11.8 Å². The maximum atomic E-state index is 12.6. The second-order valence-electron chi connectivity index (χ2n) is 6.75. The van der Waals surface area contributed by atoms with Crippen molar-refractivity contribution in [2.75, 3.05) is 25.1 Å². The molecule has 1 aliphatic heterocycles. The summed E-state index contributed by atoms with van der Waals surface area (Å²) in [7, 11) is 0. The van der Waals surface area contributed by atoms with Gasteiger partial charge >= 0.3 is 0 Å². The van der Waals surface area contributed by atoms with E-state index >= 15 is 0 Å². The number of morpholine rings is 1. The van der Waals surface area contributed by atoms with Crippen LogP contribution in [0.3, 0.4) is 0 Å². The van der Waals surface area contributed by atoms with Gasteiger partial charge in [0.15, 0.2) is 0 Å². The van der Waals surface area contributed by atoms with E-state index in [0.29, 0.717) is 36.6 Å². The molecule has 5 nitrogen and oxygen atoms in total. The minimum atomic E-state index is -0.158. The fourth-order valence-electron chi connectivity index (χ4n) is 2.98. The third-order valence-electron chi connectivity index (χ3n) is 4.79. The first-order valence-corrected chi connectivity index (χ1v) is 8.83. The van der Waals surface area contributed by atoms with Gasteiger partial charge in [-0.2, -0.15) is 0 Å². The summed E-state index contributed by atoms with van der Waals surface area (Å²) in [6.07, 6.45) is 0. The number of hydrogen-bond acceptors (Lipinski definition) is 3. The molecular formula is C21H24N2O3. The highest BCUT2D eigenvalue weighted by Gasteiger charge is 2.24. The van der Waals surface area contributed by atoms with Crippen molar-refractivity contribution < 1.29 is 14.3 Å². The highest BCUT2D eigenvalue weighted by Crippen LogP contribution is 2.17. The molecule has 1 atom stereocenters. The van der Waals surface area contributed by atoms with E-state index in [1.165, 1.54) is 0 Å². The quantitative estimate of drug-likeness (QED) is 0.921. The molecule has 1 heterocycles. The predicted molar refractivity (Wildman–Crippen MR) is 102 cm³/mol. The third-order valence-corrected chi connectivity index (χ3v) is 4.79. The zero-order valence-electron chi connectivity index (χ0n) is 15.4. The maximum absolute atomic E-state index is 12.6. The van der Waals surface area contributed by atoms with Gasteiger partial charge in [-0.1, -0.05) is 6.07 Å². The van der Waals surface area contributed by atoms with Gasteiger partial charge in [-0.05, 0) is 68.3 Å². The van der Waals surface area contributed by atoms with E-state index in [9.17, 15) is 9.59 Å². The zero-order valence-corrected chi connectivity index (χ0v) is 15.4. The normalized spacial score (nSPS) is 17.0. The van der Waals surface area contributed by atoms with Gasteiger partial charge in [-0.15, -0.1) is 0 Å². The standard InChI is InChI=1S/C21H24N2O3/c1-14-4-5-18(12-15(14)2)20(24)22-19-8-6-17(7-9-19)21(25)23-10-11-26-13-16(23)3/h4-9,12,16H,10-11,13H2,1-3H3,(H,22,24). The number of ether oxygens (including phenoxy) is 1. The number of amides is 2. The SMILES string of the molecule is Cc1ccc(C(=O)Nc2ccc(C(=O)N3CCOCC3C)cc2)cc1C. The molecule has 3 rings (SSSR count). The number of hydrogen-bond donors (Lipinski definition) is 1. The second-order valence-corrected chi connectivity index (χ2v) is 6.75. The van der Waals surface area contributed by atoms with E-state index in [-0.39, 0.29) is 17.9 Å². The number of anilines is 1. The lowest BCUT2D eigenvalue weighted by atomic mass is 10.1. The molecule has 1 fully saturated rings. The zero-order chi connectivity index (χ0) is 18.7. The number of carbonyl (C=O) groups excluding carboxylic acids is 2. The van der Waals surface area contributed by atoms with Crippen molar-refractivity contribution in [2.45, 2.75) is 26.8 Å². The Hall–Kier alpha value is -2.66. The van der Waals surface area contributed by atoms with E-state index in [1.54, 1.807) is 24.3 Å². The average molecular weight is 352 g/mol. The summed E-state index contributed by atoms with van der Waals surface area (Å²) in [4.78, 5) is 26.8. The summed E-state index contributed by atoms with van der Waals surface area (Å²) in [6, 6.07) is 12.7. The molecule has 1 aliphatic rings. The smallest absolute Gasteiger partial charge is 0.255 e. The molecule has 2 aromatic carbocycles. The Morgan fingerprint density at radius 3 is 2.38 bits per heavy atom. The first kappa shape index (κ1) is 18.1. The number of nitrogens with zero attached hydrogens (tertiary/aromatic N) is 1. The Morgan fingerprint density at radius 1 is 1.04 bits per heavy atom. The van der Waals surface area contributed by atoms with Crippen LogP contribution in [0.1, 0.15) is 38.8 Å². The molecule has 0 aromatic heterocycles. The molecule has 0 bridgehead atoms. The molecule has 2 amide bonds. The van der Waals surface area contributed by atoms with Crippen LogP contribution in [0.25, 0.3) is 0 Å². The van der Waals surface area contributed by atoms with Crippen molar-refractivity contribution in [1.82, 2.24) is 4.90 Å². The van der Waals surface area contributed by atoms with Gasteiger partial charge in [-0.25, -0.2) is 0 Å². The summed E-state index contributed by atoms with van der Waals surface area (Å²) >= 11 is 0. The topological polar surface area (TPSA) is 58.6 Å². The Balaban J connectivity index is 1.68. The Labute approximate surface area is 154 Å². The van der Waals surface area contributed by atoms with Crippen LogP contribution in [0.15, 0.2) is 42.5 Å². The van der Waals surface area contributed by atoms with Crippen LogP contribution in [0.4, 0.5) is 5.69 Å². The fourth-order valence-corrected chi connectivity index (χ4v) is 2.98. The lowest BCUT2D eigenvalue weighted by Gasteiger charge is -2.33. The van der Waals surface area contributed by atoms with Crippen LogP contribution >= 0.6 is 0 Å². The van der Waals surface area contributed by atoms with Crippen molar-refractivity contribution in [3.63, 3.8) is 0 Å². The molecule has 0 spiro atoms. The van der Waals surface area contributed by atoms with Crippen molar-refractivity contribution in [2.24, 2.45) is 0 Å². The molecule has 5 heteroatoms. The number of rotatable bonds is 3. The molecule has 1 saturated heterocycles. The van der Waals surface area contributed by atoms with Crippen LogP contribution in [-0.4, -0.2) is 42.5 Å². The van der Waals surface area contributed by atoms with E-state index in [2.05, 4.69) is 5.32 Å². The lowest BCUT2D eigenvalue weighted by molar-refractivity contribution is 0.00359. The average Bonchev–Trinajstić information content (AvgIpc) is 2.64. The van der Waals surface area contributed by atoms with Crippen LogP contribution in [0.2, 0.25) is 0 Å². The molecule has 136 valence electrons. The minimum absolute atomic E-state index is 0.00663. The molecule has 1 unspecified atom stereocenters. The summed E-state index contributed by atoms with van der Waals surface area (Å²) in [5, 5.41) is 2.88. The van der Waals surface area contributed by atoms with Crippen molar-refractivity contribution in [3.8, 4) is 0 Å². The summed E-state index contributed by atoms with van der Waals surface area (Å²) in [6.45, 7) is 7.72. The minimum Gasteiger partial charge on any atom is -0.377 e. The Kier molecular flexibility index (Phi) is 5.38. The van der Waals surface area contributed by atoms with Gasteiger partial charge in [-0.3, -0.25) is 9.59 Å². The molecular weight excluding hydrogens is 328 g/mol. The second kappa shape index (κ2) is 7.70. The van der Waals surface area contributed by atoms with Crippen molar-refractivity contribution in [1.29, 1.82) is 0 Å². The van der Waals surface area contributed by atoms with Crippen LogP contribution in [0, 0.1) is 13.8 Å². The van der Waals surface area contributed by atoms with E-state index < -0.39 is 0 Å². The van der Waals surface area contributed by atoms with Crippen LogP contribution in [-0.2, 0) is 4.74 Å². The highest BCUT2D eigenvalue weighted by atomic mass is 16.5. The number of nitrogens with one attached hydrogen (secondary N) is 1. The first-order valence-electron chi connectivity index (χ1n) is 8.83. The van der Waals surface area contributed by atoms with E-state index in [0.717, 1.165) is 11.1 Å². The lowest BCUT2D eigenvalue weighted by Crippen LogP contribution is -2.47. The van der Waals surface area contributed by atoms with Gasteiger partial charge in [0.05, 0.1) is 19.3 Å². The van der Waals surface area contributed by atoms with Gasteiger partial charge in [0, 0.05) is 23.4 Å². The maximum Gasteiger partial charge on any atom is 0.255 e. The largest absolute Gasteiger partial charge is 0.377 e. The third kappa shape index (κ3) is 3.94. The number of aryl methyl sites for hydroxylation is 2. The molecule has 0 radical (unpaired) electrons. The number of benzene rings is 2. The van der Waals surface area contributed by atoms with Crippen LogP contribution < -0.4 is 5.32 Å². The van der Waals surface area contributed by atoms with Gasteiger partial charge in [0.2, 0.25) is 0 Å².